The number of fused-ring (bicyclic) bond motifs is 1. The number of anilines is 1. The molecule has 0 fully saturated rings. The number of pyridine rings is 1. The van der Waals surface area contributed by atoms with Crippen LogP contribution >= 0.6 is 0 Å². The molecule has 2 rings (SSSR count). The van der Waals surface area contributed by atoms with Crippen LogP contribution in [0.2, 0.25) is 0 Å². The van der Waals surface area contributed by atoms with Crippen LogP contribution in [-0.4, -0.2) is 24.7 Å². The molecular weight excluding hydrogens is 250 g/mol. The SMILES string of the molecule is COCC(Nc1nc2c(cc1C#N)CCCC2)C(C)C. The number of ether oxygens (including phenoxy) is 1. The number of hydrogen-bond donors (Lipinski definition) is 1. The van der Waals surface area contributed by atoms with E-state index >= 15 is 0 Å². The van der Waals surface area contributed by atoms with E-state index in [0.717, 1.165) is 18.5 Å². The van der Waals surface area contributed by atoms with Gasteiger partial charge in [-0.1, -0.05) is 13.8 Å². The molecule has 1 heterocycles. The zero-order valence-corrected chi connectivity index (χ0v) is 12.6. The van der Waals surface area contributed by atoms with Gasteiger partial charge in [0.05, 0.1) is 18.2 Å². The number of nitriles is 1. The summed E-state index contributed by atoms with van der Waals surface area (Å²) in [7, 11) is 1.70. The van der Waals surface area contributed by atoms with Gasteiger partial charge in [-0.25, -0.2) is 4.98 Å². The van der Waals surface area contributed by atoms with Crippen molar-refractivity contribution >= 4 is 5.82 Å². The molecule has 0 saturated heterocycles. The van der Waals surface area contributed by atoms with E-state index in [1.807, 2.05) is 6.07 Å². The summed E-state index contributed by atoms with van der Waals surface area (Å²) in [6, 6.07) is 4.44. The maximum atomic E-state index is 9.34. The van der Waals surface area contributed by atoms with Crippen molar-refractivity contribution in [2.75, 3.05) is 19.0 Å². The quantitative estimate of drug-likeness (QED) is 0.896. The Kier molecular flexibility index (Phi) is 4.97. The van der Waals surface area contributed by atoms with Crippen molar-refractivity contribution in [1.82, 2.24) is 4.98 Å². The van der Waals surface area contributed by atoms with Gasteiger partial charge in [-0.15, -0.1) is 0 Å². The van der Waals surface area contributed by atoms with Gasteiger partial charge in [0.25, 0.3) is 0 Å². The van der Waals surface area contributed by atoms with Crippen molar-refractivity contribution in [2.24, 2.45) is 5.92 Å². The minimum absolute atomic E-state index is 0.168. The summed E-state index contributed by atoms with van der Waals surface area (Å²) < 4.78 is 5.25. The zero-order chi connectivity index (χ0) is 14.5. The minimum Gasteiger partial charge on any atom is -0.383 e. The summed E-state index contributed by atoms with van der Waals surface area (Å²) in [5.74, 6) is 1.13. The molecule has 0 spiro atoms. The van der Waals surface area contributed by atoms with E-state index in [2.05, 4.69) is 25.2 Å². The first-order valence-corrected chi connectivity index (χ1v) is 7.34. The highest BCUT2D eigenvalue weighted by Gasteiger charge is 2.19. The molecule has 1 aromatic rings. The molecular formula is C16H23N3O. The monoisotopic (exact) mass is 273 g/mol. The third-order valence-corrected chi connectivity index (χ3v) is 3.89. The summed E-state index contributed by atoms with van der Waals surface area (Å²) >= 11 is 0. The van der Waals surface area contributed by atoms with Gasteiger partial charge in [0.2, 0.25) is 0 Å². The fourth-order valence-corrected chi connectivity index (χ4v) is 2.58. The van der Waals surface area contributed by atoms with Crippen LogP contribution in [0.5, 0.6) is 0 Å². The summed E-state index contributed by atoms with van der Waals surface area (Å²) in [5, 5.41) is 12.7. The van der Waals surface area contributed by atoms with Crippen LogP contribution in [-0.2, 0) is 17.6 Å². The van der Waals surface area contributed by atoms with Crippen LogP contribution in [0.1, 0.15) is 43.5 Å². The lowest BCUT2D eigenvalue weighted by Gasteiger charge is -2.24. The normalized spacial score (nSPS) is 15.6. The van der Waals surface area contributed by atoms with Gasteiger partial charge in [0, 0.05) is 12.8 Å². The molecule has 1 N–H and O–H groups in total. The van der Waals surface area contributed by atoms with E-state index in [4.69, 9.17) is 9.72 Å². The van der Waals surface area contributed by atoms with Crippen LogP contribution in [0.3, 0.4) is 0 Å². The smallest absolute Gasteiger partial charge is 0.144 e. The molecule has 0 radical (unpaired) electrons. The van der Waals surface area contributed by atoms with E-state index in [-0.39, 0.29) is 6.04 Å². The third-order valence-electron chi connectivity index (χ3n) is 3.89. The second kappa shape index (κ2) is 6.71. The first-order chi connectivity index (χ1) is 9.65. The number of nitrogens with zero attached hydrogens (tertiary/aromatic N) is 2. The maximum absolute atomic E-state index is 9.34. The highest BCUT2D eigenvalue weighted by Crippen LogP contribution is 2.25. The molecule has 1 aromatic heterocycles. The van der Waals surface area contributed by atoms with Crippen molar-refractivity contribution in [2.45, 2.75) is 45.6 Å². The molecule has 20 heavy (non-hydrogen) atoms. The highest BCUT2D eigenvalue weighted by molar-refractivity contribution is 5.55. The first-order valence-electron chi connectivity index (χ1n) is 7.34. The van der Waals surface area contributed by atoms with Crippen LogP contribution in [0, 0.1) is 17.2 Å². The van der Waals surface area contributed by atoms with E-state index in [9.17, 15) is 5.26 Å². The molecule has 4 nitrogen and oxygen atoms in total. The summed E-state index contributed by atoms with van der Waals surface area (Å²) in [4.78, 5) is 4.70. The molecule has 1 aliphatic rings. The van der Waals surface area contributed by atoms with Crippen LogP contribution < -0.4 is 5.32 Å². The van der Waals surface area contributed by atoms with Crippen molar-refractivity contribution in [1.29, 1.82) is 5.26 Å². The van der Waals surface area contributed by atoms with Crippen LogP contribution in [0.15, 0.2) is 6.07 Å². The summed E-state index contributed by atoms with van der Waals surface area (Å²) in [6.07, 6.45) is 4.46. The van der Waals surface area contributed by atoms with Gasteiger partial charge in [-0.05, 0) is 43.2 Å². The Morgan fingerprint density at radius 3 is 2.80 bits per heavy atom. The molecule has 1 aliphatic carbocycles. The molecule has 0 aromatic carbocycles. The van der Waals surface area contributed by atoms with Crippen molar-refractivity contribution < 1.29 is 4.74 Å². The largest absolute Gasteiger partial charge is 0.383 e. The van der Waals surface area contributed by atoms with E-state index in [1.165, 1.54) is 18.4 Å². The van der Waals surface area contributed by atoms with Crippen molar-refractivity contribution in [3.63, 3.8) is 0 Å². The lowest BCUT2D eigenvalue weighted by Crippen LogP contribution is -2.31. The number of aryl methyl sites for hydroxylation is 2. The zero-order valence-electron chi connectivity index (χ0n) is 12.6. The van der Waals surface area contributed by atoms with Gasteiger partial charge < -0.3 is 10.1 Å². The fourth-order valence-electron chi connectivity index (χ4n) is 2.58. The molecule has 108 valence electrons. The van der Waals surface area contributed by atoms with Crippen molar-refractivity contribution in [3.8, 4) is 6.07 Å². The van der Waals surface area contributed by atoms with E-state index in [0.29, 0.717) is 23.9 Å². The second-order valence-electron chi connectivity index (χ2n) is 5.76. The number of hydrogen-bond acceptors (Lipinski definition) is 4. The maximum Gasteiger partial charge on any atom is 0.144 e. The minimum atomic E-state index is 0.168. The number of methoxy groups -OCH3 is 1. The van der Waals surface area contributed by atoms with E-state index in [1.54, 1.807) is 7.11 Å². The average molecular weight is 273 g/mol. The van der Waals surface area contributed by atoms with Gasteiger partial charge in [-0.2, -0.15) is 5.26 Å². The number of aromatic nitrogens is 1. The Bertz CT molecular complexity index is 505. The van der Waals surface area contributed by atoms with Gasteiger partial charge >= 0.3 is 0 Å². The number of nitrogens with one attached hydrogen (secondary N) is 1. The molecule has 0 saturated carbocycles. The van der Waals surface area contributed by atoms with Gasteiger partial charge in [-0.3, -0.25) is 0 Å². The third kappa shape index (κ3) is 3.29. The van der Waals surface area contributed by atoms with Gasteiger partial charge in [0.1, 0.15) is 11.9 Å². The predicted molar refractivity (Wildman–Crippen MR) is 79.7 cm³/mol. The molecule has 1 atom stereocenters. The average Bonchev–Trinajstić information content (AvgIpc) is 2.45. The Morgan fingerprint density at radius 2 is 2.15 bits per heavy atom. The molecule has 0 bridgehead atoms. The number of rotatable bonds is 5. The topological polar surface area (TPSA) is 57.9 Å². The predicted octanol–water partition coefficient (Wildman–Crippen LogP) is 2.91. The lowest BCUT2D eigenvalue weighted by molar-refractivity contribution is 0.171. The van der Waals surface area contributed by atoms with Crippen LogP contribution in [0.4, 0.5) is 5.82 Å². The molecule has 4 heteroatoms. The Hall–Kier alpha value is -1.60. The van der Waals surface area contributed by atoms with Gasteiger partial charge in [0.15, 0.2) is 0 Å². The summed E-state index contributed by atoms with van der Waals surface area (Å²) in [6.45, 7) is 4.89. The molecule has 0 amide bonds. The first kappa shape index (κ1) is 14.8. The van der Waals surface area contributed by atoms with E-state index < -0.39 is 0 Å². The Labute approximate surface area is 121 Å². The standard InChI is InChI=1S/C16H23N3O/c1-11(2)15(10-20-3)19-16-13(9-17)8-12-6-4-5-7-14(12)18-16/h8,11,15H,4-7,10H2,1-3H3,(H,18,19). The Morgan fingerprint density at radius 1 is 1.40 bits per heavy atom. The lowest BCUT2D eigenvalue weighted by atomic mass is 9.94. The van der Waals surface area contributed by atoms with Crippen molar-refractivity contribution in [3.05, 3.63) is 22.9 Å². The summed E-state index contributed by atoms with van der Waals surface area (Å²) in [5.41, 5.74) is 3.04. The second-order valence-corrected chi connectivity index (χ2v) is 5.76. The van der Waals surface area contributed by atoms with Crippen LogP contribution in [0.25, 0.3) is 0 Å². The molecule has 1 unspecified atom stereocenters. The molecule has 0 aliphatic heterocycles. The highest BCUT2D eigenvalue weighted by atomic mass is 16.5. The fraction of sp³-hybridized carbons (Fsp3) is 0.625. The Balaban J connectivity index is 2.28.